The summed E-state index contributed by atoms with van der Waals surface area (Å²) in [5, 5.41) is 0. The van der Waals surface area contributed by atoms with Crippen LogP contribution in [0.25, 0.3) is 0 Å². The first kappa shape index (κ1) is 20.0. The number of para-hydroxylation sites is 2. The molecule has 0 amide bonds. The fourth-order valence-corrected chi connectivity index (χ4v) is 2.55. The molecule has 2 nitrogen and oxygen atoms in total. The van der Waals surface area contributed by atoms with Gasteiger partial charge in [-0.05, 0) is 24.3 Å². The van der Waals surface area contributed by atoms with Crippen LogP contribution in [0.15, 0.2) is 60.7 Å². The summed E-state index contributed by atoms with van der Waals surface area (Å²) >= 11 is 19.1. The van der Waals surface area contributed by atoms with Gasteiger partial charge in [0.1, 0.15) is 15.3 Å². The molecule has 0 aliphatic carbocycles. The van der Waals surface area contributed by atoms with Crippen LogP contribution in [-0.2, 0) is 0 Å². The molecular weight excluding hydrogens is 359 g/mol. The summed E-state index contributed by atoms with van der Waals surface area (Å²) in [7, 11) is 0. The van der Waals surface area contributed by atoms with E-state index in [0.717, 1.165) is 11.4 Å². The van der Waals surface area contributed by atoms with Crippen LogP contribution in [0.3, 0.4) is 0 Å². The second kappa shape index (κ2) is 9.93. The van der Waals surface area contributed by atoms with Gasteiger partial charge in [-0.2, -0.15) is 0 Å². The van der Waals surface area contributed by atoms with Gasteiger partial charge in [-0.25, -0.2) is 0 Å². The summed E-state index contributed by atoms with van der Waals surface area (Å²) in [5.74, 6) is 0. The van der Waals surface area contributed by atoms with E-state index < -0.39 is 0 Å². The molecule has 22 heavy (non-hydrogen) atoms. The fourth-order valence-electron chi connectivity index (χ4n) is 1.86. The number of thiocarbonyl (C=S) groups is 2. The van der Waals surface area contributed by atoms with Crippen LogP contribution in [0, 0.1) is 0 Å². The Morgan fingerprint density at radius 2 is 1.05 bits per heavy atom. The van der Waals surface area contributed by atoms with Crippen LogP contribution in [0.1, 0.15) is 0 Å². The first-order chi connectivity index (χ1) is 10.1. The van der Waals surface area contributed by atoms with E-state index in [1.807, 2.05) is 70.5 Å². The van der Waals surface area contributed by atoms with E-state index in [9.17, 15) is 0 Å². The molecule has 2 rings (SSSR count). The zero-order valence-electron chi connectivity index (χ0n) is 12.1. The van der Waals surface area contributed by atoms with E-state index >= 15 is 0 Å². The maximum absolute atomic E-state index is 5.25. The van der Waals surface area contributed by atoms with E-state index in [1.165, 1.54) is 0 Å². The average molecular weight is 374 g/mol. The average Bonchev–Trinajstić information content (AvgIpc) is 2.49. The van der Waals surface area contributed by atoms with E-state index in [1.54, 1.807) is 0 Å². The summed E-state index contributed by atoms with van der Waals surface area (Å²) < 4.78 is 0.957. The topological polar surface area (TPSA) is 6.48 Å². The second-order valence-electron chi connectivity index (χ2n) is 4.23. The number of nitrogens with zero attached hydrogens (tertiary/aromatic N) is 2. The summed E-state index contributed by atoms with van der Waals surface area (Å²) in [6.07, 6.45) is 0. The SMILES string of the molecule is S=C(S)N(CN(C(=S)S)c1ccccc1)c1ccccc1.[Na+]. The minimum Gasteiger partial charge on any atom is -0.309 e. The van der Waals surface area contributed by atoms with Crippen molar-refractivity contribution < 1.29 is 29.6 Å². The molecule has 0 bridgehead atoms. The van der Waals surface area contributed by atoms with E-state index in [2.05, 4.69) is 25.3 Å². The van der Waals surface area contributed by atoms with Crippen molar-refractivity contribution in [2.45, 2.75) is 0 Å². The summed E-state index contributed by atoms with van der Waals surface area (Å²) in [5.41, 5.74) is 1.92. The Kier molecular flexibility index (Phi) is 9.01. The van der Waals surface area contributed by atoms with Crippen LogP contribution in [0.5, 0.6) is 0 Å². The van der Waals surface area contributed by atoms with Gasteiger partial charge in [0.2, 0.25) is 0 Å². The molecule has 0 radical (unpaired) electrons. The Morgan fingerprint density at radius 3 is 1.32 bits per heavy atom. The molecule has 108 valence electrons. The van der Waals surface area contributed by atoms with Crippen molar-refractivity contribution in [3.63, 3.8) is 0 Å². The number of hydrogen-bond donors (Lipinski definition) is 2. The van der Waals surface area contributed by atoms with Gasteiger partial charge in [0.25, 0.3) is 0 Å². The quantitative estimate of drug-likeness (QED) is 0.362. The van der Waals surface area contributed by atoms with E-state index in [-0.39, 0.29) is 29.6 Å². The predicted octanol–water partition coefficient (Wildman–Crippen LogP) is 1.39. The van der Waals surface area contributed by atoms with Gasteiger partial charge in [0, 0.05) is 11.4 Å². The van der Waals surface area contributed by atoms with E-state index in [0.29, 0.717) is 15.3 Å². The molecule has 0 aromatic heterocycles. The van der Waals surface area contributed by atoms with E-state index in [4.69, 9.17) is 24.4 Å². The minimum absolute atomic E-state index is 0. The van der Waals surface area contributed by atoms with Crippen LogP contribution in [-0.4, -0.2) is 15.3 Å². The Balaban J connectivity index is 0.00000242. The minimum atomic E-state index is 0. The molecule has 2 aromatic carbocycles. The van der Waals surface area contributed by atoms with Gasteiger partial charge in [-0.1, -0.05) is 60.8 Å². The Hall–Kier alpha value is -0.0800. The van der Waals surface area contributed by atoms with Crippen molar-refractivity contribution in [1.29, 1.82) is 0 Å². The molecule has 0 aliphatic rings. The van der Waals surface area contributed by atoms with Gasteiger partial charge in [0.05, 0.1) is 0 Å². The Morgan fingerprint density at radius 1 is 0.727 bits per heavy atom. The Labute approximate surface area is 175 Å². The molecule has 0 atom stereocenters. The molecule has 0 aliphatic heterocycles. The summed E-state index contributed by atoms with van der Waals surface area (Å²) in [6, 6.07) is 19.7. The van der Waals surface area contributed by atoms with Crippen LogP contribution < -0.4 is 39.4 Å². The van der Waals surface area contributed by atoms with Gasteiger partial charge in [-0.3, -0.25) is 0 Å². The van der Waals surface area contributed by atoms with Crippen molar-refractivity contribution in [2.75, 3.05) is 16.5 Å². The molecule has 0 N–H and O–H groups in total. The van der Waals surface area contributed by atoms with Crippen molar-refractivity contribution in [3.8, 4) is 0 Å². The van der Waals surface area contributed by atoms with Crippen LogP contribution in [0.2, 0.25) is 0 Å². The summed E-state index contributed by atoms with van der Waals surface area (Å²) in [4.78, 5) is 3.79. The van der Waals surface area contributed by atoms with Crippen molar-refractivity contribution >= 4 is 69.7 Å². The third kappa shape index (κ3) is 5.53. The first-order valence-electron chi connectivity index (χ1n) is 6.20. The molecule has 0 spiro atoms. The standard InChI is InChI=1S/C15H14N2S4.Na/c18-14(19)16(12-7-3-1-4-8-12)11-17(15(20)21)13-9-5-2-6-10-13;/h1-10H,11H2,(H,18,19)(H,20,21);/q;+1. The third-order valence-electron chi connectivity index (χ3n) is 2.88. The zero-order chi connectivity index (χ0) is 15.2. The molecule has 0 saturated heterocycles. The van der Waals surface area contributed by atoms with Gasteiger partial charge < -0.3 is 9.80 Å². The maximum atomic E-state index is 5.25. The van der Waals surface area contributed by atoms with Crippen molar-refractivity contribution in [3.05, 3.63) is 60.7 Å². The Bertz CT molecular complexity index is 566. The number of rotatable bonds is 4. The van der Waals surface area contributed by atoms with Gasteiger partial charge in [0.15, 0.2) is 0 Å². The van der Waals surface area contributed by atoms with Crippen LogP contribution in [0.4, 0.5) is 11.4 Å². The fraction of sp³-hybridized carbons (Fsp3) is 0.0667. The second-order valence-corrected chi connectivity index (χ2v) is 6.46. The smallest absolute Gasteiger partial charge is 0.309 e. The zero-order valence-corrected chi connectivity index (χ0v) is 17.5. The van der Waals surface area contributed by atoms with Crippen LogP contribution >= 0.6 is 49.7 Å². The normalized spacial score (nSPS) is 9.55. The van der Waals surface area contributed by atoms with Gasteiger partial charge >= 0.3 is 29.6 Å². The first-order valence-corrected chi connectivity index (χ1v) is 7.91. The number of benzene rings is 2. The molecule has 0 fully saturated rings. The number of thiol groups is 2. The maximum Gasteiger partial charge on any atom is 1.00 e. The molecule has 7 heteroatoms. The number of hydrogen-bond acceptors (Lipinski definition) is 2. The molecule has 0 unspecified atom stereocenters. The largest absolute Gasteiger partial charge is 1.00 e. The molecule has 2 aromatic rings. The third-order valence-corrected chi connectivity index (χ3v) is 3.80. The number of anilines is 2. The van der Waals surface area contributed by atoms with Gasteiger partial charge in [-0.15, -0.1) is 25.3 Å². The van der Waals surface area contributed by atoms with Crippen molar-refractivity contribution in [1.82, 2.24) is 0 Å². The molecular formula is C15H14N2NaS4+. The molecule has 0 saturated carbocycles. The van der Waals surface area contributed by atoms with Crippen molar-refractivity contribution in [2.24, 2.45) is 0 Å². The monoisotopic (exact) mass is 373 g/mol. The molecule has 0 heterocycles. The predicted molar refractivity (Wildman–Crippen MR) is 106 cm³/mol. The summed E-state index contributed by atoms with van der Waals surface area (Å²) in [6.45, 7) is 0.457.